The second-order valence-corrected chi connectivity index (χ2v) is 8.06. The predicted molar refractivity (Wildman–Crippen MR) is 75.3 cm³/mol. The van der Waals surface area contributed by atoms with Gasteiger partial charge in [0.15, 0.2) is 0 Å². The van der Waals surface area contributed by atoms with Crippen molar-refractivity contribution in [3.8, 4) is 0 Å². The first kappa shape index (κ1) is 18.0. The number of methoxy groups -OCH3 is 2. The third-order valence-corrected chi connectivity index (χ3v) is 6.18. The standard InChI is InChI=1S/C12H29NO4Si/c1-14-10-8-13(9-11-15-2)7-6-12-18(5,16-3)17-4/h6-12H2,1-5H3. The summed E-state index contributed by atoms with van der Waals surface area (Å²) in [5, 5.41) is 0. The van der Waals surface area contributed by atoms with Gasteiger partial charge in [-0.3, -0.25) is 4.90 Å². The zero-order valence-corrected chi connectivity index (χ0v) is 13.5. The van der Waals surface area contributed by atoms with Crippen molar-refractivity contribution >= 4 is 8.56 Å². The van der Waals surface area contributed by atoms with Crippen molar-refractivity contribution in [2.45, 2.75) is 19.0 Å². The van der Waals surface area contributed by atoms with Crippen LogP contribution in [0.2, 0.25) is 12.6 Å². The van der Waals surface area contributed by atoms with Crippen molar-refractivity contribution in [3.05, 3.63) is 0 Å². The van der Waals surface area contributed by atoms with Crippen molar-refractivity contribution in [1.82, 2.24) is 4.90 Å². The lowest BCUT2D eigenvalue weighted by Gasteiger charge is -2.25. The quantitative estimate of drug-likeness (QED) is 0.504. The lowest BCUT2D eigenvalue weighted by atomic mass is 10.4. The average Bonchev–Trinajstić information content (AvgIpc) is 2.40. The molecule has 6 heteroatoms. The predicted octanol–water partition coefficient (Wildman–Crippen LogP) is 1.34. The Labute approximate surface area is 113 Å². The Kier molecular flexibility index (Phi) is 10.9. The van der Waals surface area contributed by atoms with Gasteiger partial charge in [-0.25, -0.2) is 0 Å². The first-order valence-electron chi connectivity index (χ1n) is 6.42. The van der Waals surface area contributed by atoms with Crippen LogP contribution in [0, 0.1) is 0 Å². The molecule has 110 valence electrons. The van der Waals surface area contributed by atoms with Gasteiger partial charge in [0, 0.05) is 41.5 Å². The van der Waals surface area contributed by atoms with Crippen LogP contribution in [0.5, 0.6) is 0 Å². The molecule has 0 unspecified atom stereocenters. The number of hydrogen-bond acceptors (Lipinski definition) is 5. The minimum Gasteiger partial charge on any atom is -0.398 e. The van der Waals surface area contributed by atoms with E-state index < -0.39 is 8.56 Å². The Morgan fingerprint density at radius 1 is 0.833 bits per heavy atom. The fourth-order valence-electron chi connectivity index (χ4n) is 1.69. The summed E-state index contributed by atoms with van der Waals surface area (Å²) in [6.07, 6.45) is 1.08. The molecule has 5 nitrogen and oxygen atoms in total. The number of rotatable bonds is 12. The van der Waals surface area contributed by atoms with Gasteiger partial charge in [-0.2, -0.15) is 0 Å². The third-order valence-electron chi connectivity index (χ3n) is 3.19. The Hall–Kier alpha value is 0.0169. The summed E-state index contributed by atoms with van der Waals surface area (Å²) in [5.41, 5.74) is 0. The van der Waals surface area contributed by atoms with E-state index in [0.717, 1.165) is 45.3 Å². The van der Waals surface area contributed by atoms with Crippen LogP contribution in [0.4, 0.5) is 0 Å². The van der Waals surface area contributed by atoms with Crippen molar-refractivity contribution < 1.29 is 18.3 Å². The maximum Gasteiger partial charge on any atom is 0.334 e. The van der Waals surface area contributed by atoms with Crippen molar-refractivity contribution in [2.75, 3.05) is 61.3 Å². The molecule has 0 saturated carbocycles. The smallest absolute Gasteiger partial charge is 0.334 e. The number of ether oxygens (including phenoxy) is 2. The molecule has 0 amide bonds. The highest BCUT2D eigenvalue weighted by Crippen LogP contribution is 2.14. The van der Waals surface area contributed by atoms with Gasteiger partial charge in [-0.05, 0) is 25.6 Å². The van der Waals surface area contributed by atoms with E-state index in [4.69, 9.17) is 18.3 Å². The summed E-state index contributed by atoms with van der Waals surface area (Å²) in [7, 11) is 5.02. The Morgan fingerprint density at radius 2 is 1.33 bits per heavy atom. The fraction of sp³-hybridized carbons (Fsp3) is 1.00. The minimum absolute atomic E-state index is 0.757. The van der Waals surface area contributed by atoms with Crippen LogP contribution in [0.3, 0.4) is 0 Å². The Balaban J connectivity index is 3.93. The largest absolute Gasteiger partial charge is 0.398 e. The molecule has 0 aliphatic carbocycles. The lowest BCUT2D eigenvalue weighted by Crippen LogP contribution is -2.38. The van der Waals surface area contributed by atoms with Crippen LogP contribution in [0.1, 0.15) is 6.42 Å². The molecule has 0 heterocycles. The maximum absolute atomic E-state index is 5.48. The normalized spacial score (nSPS) is 12.3. The molecular weight excluding hydrogens is 250 g/mol. The Bertz CT molecular complexity index is 183. The topological polar surface area (TPSA) is 40.2 Å². The molecule has 18 heavy (non-hydrogen) atoms. The molecule has 0 aromatic heterocycles. The van der Waals surface area contributed by atoms with Crippen LogP contribution in [-0.2, 0) is 18.3 Å². The van der Waals surface area contributed by atoms with E-state index in [9.17, 15) is 0 Å². The van der Waals surface area contributed by atoms with Gasteiger partial charge >= 0.3 is 8.56 Å². The molecule has 0 aromatic carbocycles. The van der Waals surface area contributed by atoms with Gasteiger partial charge in [0.25, 0.3) is 0 Å². The molecule has 0 aliphatic heterocycles. The SMILES string of the molecule is COCCN(CCC[Si](C)(OC)OC)CCOC. The average molecular weight is 279 g/mol. The van der Waals surface area contributed by atoms with Crippen LogP contribution in [0.25, 0.3) is 0 Å². The second-order valence-electron chi connectivity index (χ2n) is 4.47. The molecule has 0 rings (SSSR count). The maximum atomic E-state index is 5.48. The van der Waals surface area contributed by atoms with Gasteiger partial charge < -0.3 is 18.3 Å². The molecule has 0 atom stereocenters. The first-order valence-corrected chi connectivity index (χ1v) is 8.94. The highest BCUT2D eigenvalue weighted by Gasteiger charge is 2.27. The zero-order valence-electron chi connectivity index (χ0n) is 12.5. The summed E-state index contributed by atoms with van der Waals surface area (Å²) in [6, 6.07) is 1.01. The molecule has 0 aliphatic rings. The van der Waals surface area contributed by atoms with Crippen molar-refractivity contribution in [2.24, 2.45) is 0 Å². The van der Waals surface area contributed by atoms with Crippen LogP contribution >= 0.6 is 0 Å². The monoisotopic (exact) mass is 279 g/mol. The first-order chi connectivity index (χ1) is 8.61. The summed E-state index contributed by atoms with van der Waals surface area (Å²) in [5.74, 6) is 0. The van der Waals surface area contributed by atoms with Crippen molar-refractivity contribution in [1.29, 1.82) is 0 Å². The van der Waals surface area contributed by atoms with E-state index >= 15 is 0 Å². The van der Waals surface area contributed by atoms with Gasteiger partial charge in [-0.15, -0.1) is 0 Å². The molecule has 0 spiro atoms. The van der Waals surface area contributed by atoms with E-state index in [-0.39, 0.29) is 0 Å². The van der Waals surface area contributed by atoms with Gasteiger partial charge in [0.05, 0.1) is 13.2 Å². The fourth-order valence-corrected chi connectivity index (χ4v) is 3.06. The van der Waals surface area contributed by atoms with Gasteiger partial charge in [0.1, 0.15) is 0 Å². The summed E-state index contributed by atoms with van der Waals surface area (Å²) in [6.45, 7) is 6.53. The Morgan fingerprint density at radius 3 is 1.72 bits per heavy atom. The minimum atomic E-state index is -1.92. The lowest BCUT2D eigenvalue weighted by molar-refractivity contribution is 0.113. The van der Waals surface area contributed by atoms with Gasteiger partial charge in [-0.1, -0.05) is 0 Å². The highest BCUT2D eigenvalue weighted by atomic mass is 28.4. The second kappa shape index (κ2) is 10.9. The molecule has 0 N–H and O–H groups in total. The zero-order chi connectivity index (χ0) is 13.9. The van der Waals surface area contributed by atoms with E-state index in [1.165, 1.54) is 0 Å². The van der Waals surface area contributed by atoms with E-state index in [1.54, 1.807) is 28.4 Å². The molecule has 0 fully saturated rings. The molecule has 0 aromatic rings. The number of hydrogen-bond donors (Lipinski definition) is 0. The summed E-state index contributed by atoms with van der Waals surface area (Å²) >= 11 is 0. The molecule has 0 radical (unpaired) electrons. The van der Waals surface area contributed by atoms with E-state index in [2.05, 4.69) is 11.4 Å². The molecule has 0 bridgehead atoms. The van der Waals surface area contributed by atoms with E-state index in [0.29, 0.717) is 0 Å². The number of nitrogens with zero attached hydrogens (tertiary/aromatic N) is 1. The summed E-state index contributed by atoms with van der Waals surface area (Å²) < 4.78 is 21.2. The van der Waals surface area contributed by atoms with Crippen LogP contribution in [0.15, 0.2) is 0 Å². The third kappa shape index (κ3) is 8.18. The van der Waals surface area contributed by atoms with Crippen LogP contribution in [-0.4, -0.2) is 74.7 Å². The van der Waals surface area contributed by atoms with Crippen LogP contribution < -0.4 is 0 Å². The van der Waals surface area contributed by atoms with E-state index in [1.807, 2.05) is 0 Å². The molecule has 0 saturated heterocycles. The highest BCUT2D eigenvalue weighted by molar-refractivity contribution is 6.65. The van der Waals surface area contributed by atoms with Crippen molar-refractivity contribution in [3.63, 3.8) is 0 Å². The van der Waals surface area contributed by atoms with Gasteiger partial charge in [0.2, 0.25) is 0 Å². The molecular formula is C12H29NO4Si. The summed E-state index contributed by atoms with van der Waals surface area (Å²) in [4.78, 5) is 2.35.